The van der Waals surface area contributed by atoms with Crippen molar-refractivity contribution in [2.24, 2.45) is 5.92 Å². The van der Waals surface area contributed by atoms with Crippen LogP contribution in [0.2, 0.25) is 5.02 Å². The predicted octanol–water partition coefficient (Wildman–Crippen LogP) is 6.40. The van der Waals surface area contributed by atoms with Crippen LogP contribution in [0.1, 0.15) is 64.9 Å². The number of aliphatic hydroxyl groups is 1. The molecule has 2 heterocycles. The van der Waals surface area contributed by atoms with E-state index in [-0.39, 0.29) is 39.9 Å². The van der Waals surface area contributed by atoms with Gasteiger partial charge in [-0.1, -0.05) is 35.9 Å². The Labute approximate surface area is 241 Å². The summed E-state index contributed by atoms with van der Waals surface area (Å²) >= 11 is 5.84. The number of alkyl halides is 5. The lowest BCUT2D eigenvalue weighted by atomic mass is 9.85. The van der Waals surface area contributed by atoms with Gasteiger partial charge in [0.1, 0.15) is 11.5 Å². The number of carbonyl (C=O) groups excluding carboxylic acids is 2. The molecular weight excluding hydrogens is 588 g/mol. The van der Waals surface area contributed by atoms with Crippen molar-refractivity contribution in [2.45, 2.75) is 49.9 Å². The van der Waals surface area contributed by atoms with Crippen LogP contribution in [0.3, 0.4) is 0 Å². The first kappa shape index (κ1) is 29.8. The lowest BCUT2D eigenvalue weighted by Gasteiger charge is -2.32. The molecule has 2 amide bonds. The van der Waals surface area contributed by atoms with Crippen LogP contribution in [-0.2, 0) is 16.6 Å². The Kier molecular flexibility index (Phi) is 7.97. The Morgan fingerprint density at radius 2 is 1.79 bits per heavy atom. The van der Waals surface area contributed by atoms with Crippen LogP contribution >= 0.6 is 11.6 Å². The zero-order chi connectivity index (χ0) is 30.4. The third kappa shape index (κ3) is 5.45. The van der Waals surface area contributed by atoms with Gasteiger partial charge < -0.3 is 15.3 Å². The molecule has 2 N–H and O–H groups in total. The second-order valence-corrected chi connectivity index (χ2v) is 10.9. The summed E-state index contributed by atoms with van der Waals surface area (Å²) in [6.45, 7) is -0.0572. The van der Waals surface area contributed by atoms with Crippen molar-refractivity contribution in [3.05, 3.63) is 93.5 Å². The average molecular weight is 612 g/mol. The highest BCUT2D eigenvalue weighted by Gasteiger charge is 2.53. The second kappa shape index (κ2) is 11.2. The molecule has 2 aromatic carbocycles. The largest absolute Gasteiger partial charge is 0.416 e. The summed E-state index contributed by atoms with van der Waals surface area (Å²) < 4.78 is 82.1. The topological polar surface area (TPSA) is 82.5 Å². The zero-order valence-electron chi connectivity index (χ0n) is 21.8. The molecule has 1 unspecified atom stereocenters. The van der Waals surface area contributed by atoms with E-state index in [4.69, 9.17) is 11.6 Å². The van der Waals surface area contributed by atoms with Gasteiger partial charge in [0.15, 0.2) is 5.60 Å². The van der Waals surface area contributed by atoms with Gasteiger partial charge in [-0.25, -0.2) is 13.2 Å². The highest BCUT2D eigenvalue weighted by Crippen LogP contribution is 2.48. The average Bonchev–Trinajstić information content (AvgIpc) is 3.15. The van der Waals surface area contributed by atoms with E-state index in [1.54, 1.807) is 0 Å². The van der Waals surface area contributed by atoms with Gasteiger partial charge >= 0.3 is 6.18 Å². The maximum absolute atomic E-state index is 14.8. The number of amides is 2. The zero-order valence-corrected chi connectivity index (χ0v) is 22.5. The van der Waals surface area contributed by atoms with Gasteiger partial charge in [-0.05, 0) is 55.9 Å². The number of carbonyl (C=O) groups is 2. The smallest absolute Gasteiger partial charge is 0.372 e. The van der Waals surface area contributed by atoms with Crippen molar-refractivity contribution in [1.29, 1.82) is 0 Å². The fraction of sp³-hybridized carbons (Fsp3) is 0.345. The summed E-state index contributed by atoms with van der Waals surface area (Å²) in [5, 5.41) is 14.3. The number of rotatable bonds is 6. The third-order valence-corrected chi connectivity index (χ3v) is 7.99. The molecule has 3 aromatic rings. The number of hydrogen-bond donors (Lipinski definition) is 2. The van der Waals surface area contributed by atoms with Crippen molar-refractivity contribution in [2.75, 3.05) is 11.4 Å². The number of anilines is 1. The molecule has 5 rings (SSSR count). The van der Waals surface area contributed by atoms with Crippen molar-refractivity contribution in [3.63, 3.8) is 0 Å². The highest BCUT2D eigenvalue weighted by molar-refractivity contribution is 6.30. The maximum Gasteiger partial charge on any atom is 0.416 e. The van der Waals surface area contributed by atoms with Gasteiger partial charge in [-0.3, -0.25) is 14.6 Å². The minimum atomic E-state index is -4.72. The Morgan fingerprint density at radius 3 is 2.43 bits per heavy atom. The monoisotopic (exact) mass is 611 g/mol. The molecule has 42 heavy (non-hydrogen) atoms. The third-order valence-electron chi connectivity index (χ3n) is 7.78. The number of hydrogen-bond acceptors (Lipinski definition) is 4. The number of aromatic nitrogens is 1. The van der Waals surface area contributed by atoms with Crippen LogP contribution < -0.4 is 10.2 Å². The van der Waals surface area contributed by atoms with Crippen LogP contribution in [-0.4, -0.2) is 34.5 Å². The van der Waals surface area contributed by atoms with E-state index in [2.05, 4.69) is 10.3 Å². The number of fused-ring (bicyclic) bond motifs is 1. The molecule has 1 fully saturated rings. The summed E-state index contributed by atoms with van der Waals surface area (Å²) in [4.78, 5) is 31.0. The molecule has 1 atom stereocenters. The summed E-state index contributed by atoms with van der Waals surface area (Å²) in [5.74, 6) is -2.86. The molecule has 13 heteroatoms. The number of nitrogens with one attached hydrogen (secondary N) is 1. The molecule has 2 aliphatic rings. The fourth-order valence-corrected chi connectivity index (χ4v) is 5.83. The van der Waals surface area contributed by atoms with Gasteiger partial charge in [0, 0.05) is 29.9 Å². The minimum Gasteiger partial charge on any atom is -0.372 e. The minimum absolute atomic E-state index is 0.0212. The molecule has 0 bridgehead atoms. The van der Waals surface area contributed by atoms with Crippen molar-refractivity contribution in [3.8, 4) is 0 Å². The molecule has 1 aliphatic carbocycles. The summed E-state index contributed by atoms with van der Waals surface area (Å²) in [6.07, 6.45) is -5.05. The Bertz CT molecular complexity index is 1530. The van der Waals surface area contributed by atoms with E-state index in [1.807, 2.05) is 0 Å². The van der Waals surface area contributed by atoms with Gasteiger partial charge in [0.05, 0.1) is 21.8 Å². The van der Waals surface area contributed by atoms with Crippen LogP contribution in [0, 0.1) is 11.7 Å². The molecule has 0 spiro atoms. The number of benzene rings is 2. The molecule has 0 radical (unpaired) electrons. The molecule has 1 saturated carbocycles. The molecule has 222 valence electrons. The fourth-order valence-electron chi connectivity index (χ4n) is 5.67. The number of pyridine rings is 1. The molecule has 0 saturated heterocycles. The number of halogens is 7. The quantitative estimate of drug-likeness (QED) is 0.316. The molecular formula is C29H24ClF6N3O3. The van der Waals surface area contributed by atoms with Crippen LogP contribution in [0.4, 0.5) is 32.0 Å². The van der Waals surface area contributed by atoms with Crippen molar-refractivity contribution < 1.29 is 41.0 Å². The predicted molar refractivity (Wildman–Crippen MR) is 141 cm³/mol. The normalized spacial score (nSPS) is 22.4. The van der Waals surface area contributed by atoms with Gasteiger partial charge in [-0.15, -0.1) is 0 Å². The SMILES string of the molecule is O=C(N[C@H]1CC[C@H](CN2C(=O)C(O)(c3ccccc3F)c3ccc(C(F)(F)F)cc32)CC1)c1cc(Cl)cnc1C(F)F. The Morgan fingerprint density at radius 1 is 1.10 bits per heavy atom. The lowest BCUT2D eigenvalue weighted by molar-refractivity contribution is -0.137. The van der Waals surface area contributed by atoms with Crippen LogP contribution in [0.25, 0.3) is 0 Å². The highest BCUT2D eigenvalue weighted by atomic mass is 35.5. The van der Waals surface area contributed by atoms with Gasteiger partial charge in [-0.2, -0.15) is 13.2 Å². The maximum atomic E-state index is 14.8. The van der Waals surface area contributed by atoms with E-state index in [9.17, 15) is 41.0 Å². The van der Waals surface area contributed by atoms with Gasteiger partial charge in [0.2, 0.25) is 0 Å². The molecule has 6 nitrogen and oxygen atoms in total. The first-order chi connectivity index (χ1) is 19.8. The number of nitrogens with zero attached hydrogens (tertiary/aromatic N) is 2. The van der Waals surface area contributed by atoms with E-state index >= 15 is 0 Å². The van der Waals surface area contributed by atoms with Crippen molar-refractivity contribution >= 4 is 29.1 Å². The van der Waals surface area contributed by atoms with E-state index in [1.165, 1.54) is 18.2 Å². The van der Waals surface area contributed by atoms with Crippen molar-refractivity contribution in [1.82, 2.24) is 10.3 Å². The first-order valence-electron chi connectivity index (χ1n) is 13.1. The summed E-state index contributed by atoms with van der Waals surface area (Å²) in [6, 6.07) is 8.25. The summed E-state index contributed by atoms with van der Waals surface area (Å²) in [7, 11) is 0. The summed E-state index contributed by atoms with van der Waals surface area (Å²) in [5.41, 5.74) is -5.28. The van der Waals surface area contributed by atoms with Crippen LogP contribution in [0.15, 0.2) is 54.7 Å². The van der Waals surface area contributed by atoms with E-state index in [0.717, 1.165) is 41.4 Å². The van der Waals surface area contributed by atoms with Gasteiger partial charge in [0.25, 0.3) is 18.2 Å². The molecule has 1 aromatic heterocycles. The standard InChI is InChI=1S/C29H24ClF6N3O3/c30-17-12-19(24(25(32)33)37-13-17)26(40)38-18-8-5-15(6-9-18)14-39-23-11-16(29(34,35)36)7-10-21(23)28(42,27(39)41)20-3-1-2-4-22(20)31/h1-4,7,10-13,15,18,25,42H,5-6,8-9,14H2,(H,38,40)/t15-,18-,28?. The second-order valence-electron chi connectivity index (χ2n) is 10.4. The lowest BCUT2D eigenvalue weighted by Crippen LogP contribution is -2.45. The Hall–Kier alpha value is -3.64. The van der Waals surface area contributed by atoms with E-state index < -0.39 is 53.1 Å². The van der Waals surface area contributed by atoms with Crippen LogP contribution in [0.5, 0.6) is 0 Å². The first-order valence-corrected chi connectivity index (χ1v) is 13.4. The molecule has 1 aliphatic heterocycles. The Balaban J connectivity index is 1.34. The van der Waals surface area contributed by atoms with E-state index in [0.29, 0.717) is 25.7 Å².